The van der Waals surface area contributed by atoms with Crippen molar-refractivity contribution in [2.75, 3.05) is 0 Å². The smallest absolute Gasteiger partial charge is 0.159 e. The van der Waals surface area contributed by atoms with E-state index in [9.17, 15) is 0 Å². The van der Waals surface area contributed by atoms with E-state index in [4.69, 9.17) is 4.42 Å². The number of H-pyrrole nitrogens is 3. The van der Waals surface area contributed by atoms with Gasteiger partial charge in [0.15, 0.2) is 5.65 Å². The molecule has 15 heteroatoms. The van der Waals surface area contributed by atoms with E-state index in [0.29, 0.717) is 0 Å². The number of benzene rings is 9. The van der Waals surface area contributed by atoms with Gasteiger partial charge in [-0.25, -0.2) is 24.9 Å². The van der Waals surface area contributed by atoms with Crippen molar-refractivity contribution in [2.45, 2.75) is 208 Å². The number of fused-ring (bicyclic) bond motifs is 10. The molecule has 0 aliphatic carbocycles. The average Bonchev–Trinajstić information content (AvgIpc) is 1.55. The largest absolute Gasteiger partial charge is 0.464 e. The maximum Gasteiger partial charge on any atom is 0.159 e. The van der Waals surface area contributed by atoms with E-state index in [2.05, 4.69) is 351 Å². The van der Waals surface area contributed by atoms with E-state index in [1.54, 1.807) is 55.0 Å². The predicted molar refractivity (Wildman–Crippen MR) is 596 cm³/mol. The lowest BCUT2D eigenvalue weighted by Gasteiger charge is -1.91. The molecule has 0 atom stereocenters. The van der Waals surface area contributed by atoms with E-state index >= 15 is 0 Å². The van der Waals surface area contributed by atoms with Gasteiger partial charge in [-0.2, -0.15) is 5.10 Å². The Bertz CT molecular complexity index is 4730. The summed E-state index contributed by atoms with van der Waals surface area (Å²) in [6.07, 6.45) is 22.9. The second-order valence-corrected chi connectivity index (χ2v) is 38.7. The van der Waals surface area contributed by atoms with Crippen LogP contribution in [0.25, 0.3) is 109 Å². The molecule has 0 radical (unpaired) electrons. The number of imidazole rings is 1. The summed E-state index contributed by atoms with van der Waals surface area (Å²) in [6, 6.07) is 92.5. The van der Waals surface area contributed by atoms with Crippen molar-refractivity contribution in [1.29, 1.82) is 0 Å². The van der Waals surface area contributed by atoms with Gasteiger partial charge in [-0.3, -0.25) is 25.0 Å². The van der Waals surface area contributed by atoms with Gasteiger partial charge in [-0.1, -0.05) is 372 Å². The van der Waals surface area contributed by atoms with Crippen LogP contribution < -0.4 is 0 Å². The van der Waals surface area contributed by atoms with Gasteiger partial charge in [0.05, 0.1) is 57.4 Å². The number of thiophene rings is 1. The third-order valence-corrected chi connectivity index (χ3v) is 15.0. The normalized spacial score (nSPS) is 9.78. The van der Waals surface area contributed by atoms with Crippen LogP contribution in [-0.4, -0.2) is 65.0 Å². The summed E-state index contributed by atoms with van der Waals surface area (Å²) in [5.74, 6) is 8.33. The summed E-state index contributed by atoms with van der Waals surface area (Å²) in [5.41, 5.74) is 10.1. The number of aromatic amines is 3. The average molecular weight is 1840 g/mol. The molecule has 0 aliphatic rings. The summed E-state index contributed by atoms with van der Waals surface area (Å²) in [4.78, 5) is 42.7. The van der Waals surface area contributed by atoms with Crippen molar-refractivity contribution in [3.63, 3.8) is 0 Å². The zero-order chi connectivity index (χ0) is 100. The summed E-state index contributed by atoms with van der Waals surface area (Å²) >= 11 is 1.79. The van der Waals surface area contributed by atoms with Crippen LogP contribution in [0.4, 0.5) is 0 Å². The highest BCUT2D eigenvalue weighted by Crippen LogP contribution is 2.20. The molecule has 135 heavy (non-hydrogen) atoms. The van der Waals surface area contributed by atoms with Gasteiger partial charge >= 0.3 is 0 Å². The Morgan fingerprint density at radius 3 is 1.08 bits per heavy atom. The van der Waals surface area contributed by atoms with Crippen LogP contribution in [0.15, 0.2) is 370 Å². The molecule has 0 saturated carbocycles. The first kappa shape index (κ1) is 120. The van der Waals surface area contributed by atoms with E-state index < -0.39 is 0 Å². The third kappa shape index (κ3) is 65.3. The number of pyridine rings is 4. The quantitative estimate of drug-likeness (QED) is 0.131. The molecule has 720 valence electrons. The first-order valence-electron chi connectivity index (χ1n) is 47.7. The molecular weight excluding hydrogens is 1670 g/mol. The van der Waals surface area contributed by atoms with Gasteiger partial charge < -0.3 is 14.4 Å². The highest BCUT2D eigenvalue weighted by molar-refractivity contribution is 7.17. The lowest BCUT2D eigenvalue weighted by atomic mass is 10.2. The van der Waals surface area contributed by atoms with Crippen LogP contribution in [-0.2, 0) is 0 Å². The minimum atomic E-state index is 0.810. The predicted octanol–water partition coefficient (Wildman–Crippen LogP) is 36.6. The van der Waals surface area contributed by atoms with Crippen LogP contribution in [0.2, 0.25) is 0 Å². The Kier molecular flexibility index (Phi) is 67.1. The van der Waals surface area contributed by atoms with Crippen molar-refractivity contribution in [2.24, 2.45) is 59.2 Å². The zero-order valence-electron chi connectivity index (χ0n) is 87.2. The molecule has 20 rings (SSSR count). The molecule has 0 saturated heterocycles. The van der Waals surface area contributed by atoms with Gasteiger partial charge in [-0.05, 0) is 201 Å². The van der Waals surface area contributed by atoms with Crippen LogP contribution >= 0.6 is 11.3 Å². The first-order valence-corrected chi connectivity index (χ1v) is 48.5. The lowest BCUT2D eigenvalue weighted by molar-refractivity contribution is 0.616. The number of nitrogens with zero attached hydrogens (tertiary/aromatic N) is 10. The minimum absolute atomic E-state index is 0.810. The molecule has 11 heterocycles. The van der Waals surface area contributed by atoms with Crippen molar-refractivity contribution in [3.8, 4) is 0 Å². The standard InChI is InChI=1S/2C9H7N.3C8H6N2.C8H7N.C8H6O.C8H6S.2C7H6N2.10C4H10/c1-2-6-9-8(4-1)5-3-7-10-9;1-2-4-9-7-10-6-5-8(9)3-1;1-3-7-4-2-6-10-8(7)9-5-1;1-2-4-8-7(3-1)5-9-6-10-8;1-2-4-8-7(3-1)9-5-6-10-8;3*1-2-4-8-7(3-1)5-6-9-8;1-2-4-7-6(3-1)8-5-9-7;1-2-4-7-6(3-1)5-8-9-7;10*1-4(2)3/h2*1-7H;3*1-6H;1-6,9H;2*1-6H;2*1-5H,(H,8,9);10*4H,1-3H3. The molecule has 9 aromatic carbocycles. The molecule has 0 bridgehead atoms. The fraction of sp³-hybridized carbons (Fsp3) is 0.333. The summed E-state index contributed by atoms with van der Waals surface area (Å²) < 4.78 is 6.49. The van der Waals surface area contributed by atoms with Crippen LogP contribution in [0.5, 0.6) is 0 Å². The molecule has 0 aliphatic heterocycles. The van der Waals surface area contributed by atoms with Gasteiger partial charge in [0, 0.05) is 92.9 Å². The summed E-state index contributed by atoms with van der Waals surface area (Å²) in [6.45, 7) is 65.0. The van der Waals surface area contributed by atoms with Crippen LogP contribution in [0.3, 0.4) is 0 Å². The summed E-state index contributed by atoms with van der Waals surface area (Å²) in [5, 5.41) is 19.6. The Balaban J connectivity index is 0.000000719. The van der Waals surface area contributed by atoms with Crippen molar-refractivity contribution in [3.05, 3.63) is 365 Å². The SMILES string of the molecule is CC(C)C.CC(C)C.CC(C)C.CC(C)C.CC(C)C.CC(C)C.CC(C)C.CC(C)C.CC(C)C.CC(C)C.c1ccc2[nH]ccc2c1.c1ccc2[nH]cnc2c1.c1ccc2[nH]ncc2c1.c1ccc2cnccc2c1.c1ccc2ncccc2c1.c1ccc2nccnc2c1.c1ccc2ncncc2c1.c1ccc2occc2c1.c1ccc2sccc2c1.c1cnc2ncccc2c1. The van der Waals surface area contributed by atoms with E-state index in [1.165, 1.54) is 37.1 Å². The zero-order valence-corrected chi connectivity index (χ0v) is 88.0. The maximum absolute atomic E-state index is 5.12. The summed E-state index contributed by atoms with van der Waals surface area (Å²) in [7, 11) is 0. The Hall–Kier alpha value is -13.0. The van der Waals surface area contributed by atoms with Crippen molar-refractivity contribution in [1.82, 2.24) is 65.0 Å². The number of furan rings is 1. The fourth-order valence-corrected chi connectivity index (χ4v) is 10.1. The molecule has 0 amide bonds. The van der Waals surface area contributed by atoms with Crippen molar-refractivity contribution < 1.29 is 4.42 Å². The Morgan fingerprint density at radius 2 is 0.615 bits per heavy atom. The first-order chi connectivity index (χ1) is 64.5. The van der Waals surface area contributed by atoms with Gasteiger partial charge in [0.2, 0.25) is 0 Å². The highest BCUT2D eigenvalue weighted by Gasteiger charge is 1.96. The molecule has 14 nitrogen and oxygen atoms in total. The number of hydrogen-bond acceptors (Lipinski definition) is 12. The van der Waals surface area contributed by atoms with Crippen LogP contribution in [0, 0.1) is 59.2 Å². The second kappa shape index (κ2) is 75.4. The van der Waals surface area contributed by atoms with Crippen molar-refractivity contribution >= 4 is 120 Å². The van der Waals surface area contributed by atoms with Gasteiger partial charge in [0.25, 0.3) is 0 Å². The highest BCUT2D eigenvalue weighted by atomic mass is 32.1. The maximum atomic E-state index is 5.12. The van der Waals surface area contributed by atoms with E-state index in [1.807, 2.05) is 243 Å². The number of aromatic nitrogens is 13. The second-order valence-electron chi connectivity index (χ2n) is 37.8. The molecule has 0 spiro atoms. The number of nitrogens with one attached hydrogen (secondary N) is 3. The molecular formula is C120H163N13OS. The number of hydrogen-bond donors (Lipinski definition) is 3. The molecule has 20 aromatic rings. The monoisotopic (exact) mass is 1830 g/mol. The number of para-hydroxylation sites is 9. The topological polar surface area (TPSA) is 189 Å². The van der Waals surface area contributed by atoms with Crippen LogP contribution in [0.1, 0.15) is 208 Å². The third-order valence-electron chi connectivity index (χ3n) is 14.1. The molecule has 3 N–H and O–H groups in total. The van der Waals surface area contributed by atoms with E-state index in [-0.39, 0.29) is 0 Å². The molecule has 11 aromatic heterocycles. The molecule has 0 unspecified atom stereocenters. The molecule has 0 fully saturated rings. The van der Waals surface area contributed by atoms with E-state index in [0.717, 1.165) is 131 Å². The minimum Gasteiger partial charge on any atom is -0.464 e. The van der Waals surface area contributed by atoms with Gasteiger partial charge in [-0.15, -0.1) is 11.3 Å². The van der Waals surface area contributed by atoms with Gasteiger partial charge in [0.1, 0.15) is 11.9 Å². The number of rotatable bonds is 0. The Labute approximate surface area is 816 Å². The fourth-order valence-electron chi connectivity index (χ4n) is 9.35. The lowest BCUT2D eigenvalue weighted by Crippen LogP contribution is -1.78. The Morgan fingerprint density at radius 1 is 0.237 bits per heavy atom.